The number of carbonyl (C=O) groups is 2. The number of halogens is 1. The minimum atomic E-state index is -0.802. The van der Waals surface area contributed by atoms with E-state index in [1.807, 2.05) is 26.0 Å². The summed E-state index contributed by atoms with van der Waals surface area (Å²) in [5.41, 5.74) is 1.30. The van der Waals surface area contributed by atoms with E-state index in [9.17, 15) is 18.8 Å². The molecule has 3 amide bonds. The second kappa shape index (κ2) is 7.16. The van der Waals surface area contributed by atoms with Gasteiger partial charge < -0.3 is 10.3 Å². The van der Waals surface area contributed by atoms with Crippen LogP contribution in [0.15, 0.2) is 53.3 Å². The predicted octanol–water partition coefficient (Wildman–Crippen LogP) is 3.28. The van der Waals surface area contributed by atoms with Crippen molar-refractivity contribution in [1.82, 2.24) is 15.6 Å². The van der Waals surface area contributed by atoms with Crippen LogP contribution in [0.3, 0.4) is 0 Å². The number of imide groups is 1. The monoisotopic (exact) mass is 393 g/mol. The molecule has 0 bridgehead atoms. The van der Waals surface area contributed by atoms with Crippen LogP contribution in [0.5, 0.6) is 0 Å². The summed E-state index contributed by atoms with van der Waals surface area (Å²) >= 11 is 0. The first-order valence-electron chi connectivity index (χ1n) is 9.38. The van der Waals surface area contributed by atoms with Crippen LogP contribution in [-0.2, 0) is 4.79 Å². The molecule has 2 heterocycles. The quantitative estimate of drug-likeness (QED) is 0.594. The number of fused-ring (bicyclic) bond motifs is 1. The highest BCUT2D eigenvalue weighted by Crippen LogP contribution is 2.29. The molecule has 1 aliphatic heterocycles. The Labute approximate surface area is 166 Å². The third-order valence-corrected chi connectivity index (χ3v) is 5.32. The fraction of sp³-hybridized carbons (Fsp3) is 0.227. The summed E-state index contributed by atoms with van der Waals surface area (Å²) in [6.07, 6.45) is 0. The lowest BCUT2D eigenvalue weighted by Crippen LogP contribution is -2.40. The molecule has 1 aliphatic rings. The molecule has 1 fully saturated rings. The van der Waals surface area contributed by atoms with Gasteiger partial charge in [-0.2, -0.15) is 0 Å². The summed E-state index contributed by atoms with van der Waals surface area (Å²) in [6.45, 7) is 3.78. The average molecular weight is 393 g/mol. The van der Waals surface area contributed by atoms with E-state index in [-0.39, 0.29) is 17.3 Å². The number of H-pyrrole nitrogens is 1. The molecule has 29 heavy (non-hydrogen) atoms. The van der Waals surface area contributed by atoms with Crippen molar-refractivity contribution >= 4 is 22.7 Å². The van der Waals surface area contributed by atoms with Gasteiger partial charge in [0.05, 0.1) is 0 Å². The number of amides is 3. The van der Waals surface area contributed by atoms with E-state index < -0.39 is 23.9 Å². The Kier molecular flexibility index (Phi) is 4.66. The highest BCUT2D eigenvalue weighted by molar-refractivity contribution is 6.04. The molecule has 0 radical (unpaired) electrons. The zero-order valence-electron chi connectivity index (χ0n) is 16.0. The van der Waals surface area contributed by atoms with Crippen molar-refractivity contribution < 1.29 is 14.0 Å². The van der Waals surface area contributed by atoms with Gasteiger partial charge in [0.15, 0.2) is 0 Å². The number of aromatic amines is 1. The van der Waals surface area contributed by atoms with Gasteiger partial charge in [-0.25, -0.2) is 9.18 Å². The lowest BCUT2D eigenvalue weighted by molar-refractivity contribution is -0.120. The largest absolute Gasteiger partial charge is 0.325 e. The maximum atomic E-state index is 14.1. The number of carbonyl (C=O) groups excluding carboxylic acids is 2. The Hall–Kier alpha value is -3.48. The molecule has 2 atom stereocenters. The van der Waals surface area contributed by atoms with Crippen molar-refractivity contribution in [2.24, 2.45) is 5.92 Å². The second-order valence-electron chi connectivity index (χ2n) is 7.54. The Morgan fingerprint density at radius 3 is 2.45 bits per heavy atom. The smallest absolute Gasteiger partial charge is 0.322 e. The van der Waals surface area contributed by atoms with Gasteiger partial charge in [0.2, 0.25) is 0 Å². The van der Waals surface area contributed by atoms with Crippen molar-refractivity contribution in [3.8, 4) is 11.3 Å². The summed E-state index contributed by atoms with van der Waals surface area (Å²) in [5.74, 6) is -1.31. The van der Waals surface area contributed by atoms with Crippen LogP contribution >= 0.6 is 0 Å². The van der Waals surface area contributed by atoms with Crippen molar-refractivity contribution in [2.75, 3.05) is 0 Å². The van der Waals surface area contributed by atoms with E-state index in [1.54, 1.807) is 30.3 Å². The maximum absolute atomic E-state index is 14.1. The van der Waals surface area contributed by atoms with Gasteiger partial charge in [-0.15, -0.1) is 0 Å². The molecule has 3 aromatic rings. The first kappa shape index (κ1) is 18.9. The number of pyridine rings is 1. The van der Waals surface area contributed by atoms with E-state index in [4.69, 9.17) is 0 Å². The fourth-order valence-electron chi connectivity index (χ4n) is 3.93. The molecule has 7 heteroatoms. The SMILES string of the molecule is CC(C)C(c1ccc(-c2ccc3cccc(F)c3c2)[nH]c1=O)C1NC(=O)NC1=O. The van der Waals surface area contributed by atoms with Crippen LogP contribution < -0.4 is 16.2 Å². The summed E-state index contributed by atoms with van der Waals surface area (Å²) in [7, 11) is 0. The Morgan fingerprint density at radius 2 is 1.79 bits per heavy atom. The molecule has 6 nitrogen and oxygen atoms in total. The molecule has 0 aliphatic carbocycles. The number of nitrogens with one attached hydrogen (secondary N) is 3. The minimum absolute atomic E-state index is 0.0640. The van der Waals surface area contributed by atoms with Crippen LogP contribution in [0.2, 0.25) is 0 Å². The number of hydrogen-bond donors (Lipinski definition) is 3. The molecule has 4 rings (SSSR count). The van der Waals surface area contributed by atoms with Gasteiger partial charge in [0.1, 0.15) is 11.9 Å². The summed E-state index contributed by atoms with van der Waals surface area (Å²) in [6, 6.07) is 12.2. The highest BCUT2D eigenvalue weighted by atomic mass is 19.1. The van der Waals surface area contributed by atoms with Crippen molar-refractivity contribution in [3.63, 3.8) is 0 Å². The second-order valence-corrected chi connectivity index (χ2v) is 7.54. The van der Waals surface area contributed by atoms with Gasteiger partial charge in [0, 0.05) is 22.6 Å². The zero-order chi connectivity index (χ0) is 20.7. The Balaban J connectivity index is 1.74. The van der Waals surface area contributed by atoms with Crippen LogP contribution in [0.1, 0.15) is 25.3 Å². The van der Waals surface area contributed by atoms with Gasteiger partial charge in [-0.3, -0.25) is 14.9 Å². The third kappa shape index (κ3) is 3.40. The van der Waals surface area contributed by atoms with Crippen molar-refractivity contribution in [1.29, 1.82) is 0 Å². The van der Waals surface area contributed by atoms with E-state index >= 15 is 0 Å². The first-order valence-corrected chi connectivity index (χ1v) is 9.38. The molecule has 1 saturated heterocycles. The Morgan fingerprint density at radius 1 is 1.00 bits per heavy atom. The molecular weight excluding hydrogens is 373 g/mol. The van der Waals surface area contributed by atoms with Gasteiger partial charge in [0.25, 0.3) is 11.5 Å². The van der Waals surface area contributed by atoms with Crippen LogP contribution in [0, 0.1) is 11.7 Å². The van der Waals surface area contributed by atoms with Crippen LogP contribution in [0.25, 0.3) is 22.0 Å². The van der Waals surface area contributed by atoms with E-state index in [0.717, 1.165) is 5.39 Å². The van der Waals surface area contributed by atoms with Gasteiger partial charge >= 0.3 is 6.03 Å². The number of urea groups is 1. The van der Waals surface area contributed by atoms with Crippen LogP contribution in [0.4, 0.5) is 9.18 Å². The maximum Gasteiger partial charge on any atom is 0.322 e. The predicted molar refractivity (Wildman–Crippen MR) is 108 cm³/mol. The molecule has 2 unspecified atom stereocenters. The molecule has 148 valence electrons. The van der Waals surface area contributed by atoms with Crippen molar-refractivity contribution in [2.45, 2.75) is 25.8 Å². The third-order valence-electron chi connectivity index (χ3n) is 5.32. The Bertz CT molecular complexity index is 1190. The van der Waals surface area contributed by atoms with Gasteiger partial charge in [-0.05, 0) is 35.1 Å². The standard InChI is InChI=1S/C22H20FN3O3/c1-11(2)18(19-21(28)26-22(29)25-19)14-8-9-17(24-20(14)27)13-7-6-12-4-3-5-16(23)15(12)10-13/h3-11,18-19H,1-2H3,(H,24,27)(H2,25,26,28,29). The van der Waals surface area contributed by atoms with Gasteiger partial charge in [-0.1, -0.05) is 44.2 Å². The molecule has 0 spiro atoms. The lowest BCUT2D eigenvalue weighted by Gasteiger charge is -2.25. The van der Waals surface area contributed by atoms with E-state index in [0.29, 0.717) is 22.2 Å². The topological polar surface area (TPSA) is 91.1 Å². The zero-order valence-corrected chi connectivity index (χ0v) is 16.0. The lowest BCUT2D eigenvalue weighted by atomic mass is 9.82. The van der Waals surface area contributed by atoms with Crippen LogP contribution in [-0.4, -0.2) is 23.0 Å². The fourth-order valence-corrected chi connectivity index (χ4v) is 3.93. The molecule has 2 aromatic carbocycles. The number of hydrogen-bond acceptors (Lipinski definition) is 3. The number of rotatable bonds is 4. The minimum Gasteiger partial charge on any atom is -0.325 e. The summed E-state index contributed by atoms with van der Waals surface area (Å²) < 4.78 is 14.1. The van der Waals surface area contributed by atoms with E-state index in [1.165, 1.54) is 6.07 Å². The first-order chi connectivity index (χ1) is 13.8. The molecular formula is C22H20FN3O3. The summed E-state index contributed by atoms with van der Waals surface area (Å²) in [4.78, 5) is 39.3. The molecule has 0 saturated carbocycles. The highest BCUT2D eigenvalue weighted by Gasteiger charge is 2.39. The van der Waals surface area contributed by atoms with E-state index in [2.05, 4.69) is 15.6 Å². The normalized spacial score (nSPS) is 17.4. The number of aromatic nitrogens is 1. The summed E-state index contributed by atoms with van der Waals surface area (Å²) in [5, 5.41) is 6.05. The molecule has 3 N–H and O–H groups in total. The average Bonchev–Trinajstić information content (AvgIpc) is 3.01. The number of benzene rings is 2. The molecule has 1 aromatic heterocycles. The van der Waals surface area contributed by atoms with Crippen molar-refractivity contribution in [3.05, 3.63) is 70.3 Å².